The molecule has 3 aromatic carbocycles. The number of hydrogen-bond donors (Lipinski definition) is 0. The summed E-state index contributed by atoms with van der Waals surface area (Å²) >= 11 is 0. The molecule has 0 aliphatic carbocycles. The number of benzene rings is 3. The van der Waals surface area contributed by atoms with Crippen LogP contribution < -0.4 is 14.9 Å². The van der Waals surface area contributed by atoms with E-state index in [1.807, 2.05) is 67.7 Å². The Morgan fingerprint density at radius 3 is 2.44 bits per heavy atom. The molecule has 0 saturated carbocycles. The predicted octanol–water partition coefficient (Wildman–Crippen LogP) is 4.09. The zero-order chi connectivity index (χ0) is 17.0. The minimum atomic E-state index is 0.0614. The topological polar surface area (TPSA) is 40.5 Å². The highest BCUT2D eigenvalue weighted by Gasteiger charge is 2.15. The van der Waals surface area contributed by atoms with E-state index in [1.54, 1.807) is 0 Å². The van der Waals surface area contributed by atoms with E-state index in [4.69, 9.17) is 9.47 Å². The number of hydrogen-bond acceptors (Lipinski definition) is 3. The molecule has 0 unspecified atom stereocenters. The molecule has 4 heteroatoms. The molecule has 0 bridgehead atoms. The first kappa shape index (κ1) is 14.1. The van der Waals surface area contributed by atoms with Gasteiger partial charge in [-0.25, -0.2) is 0 Å². The zero-order valence-electron chi connectivity index (χ0n) is 13.7. The first-order chi connectivity index (χ1) is 12.2. The van der Waals surface area contributed by atoms with Crippen molar-refractivity contribution in [3.05, 3.63) is 70.9 Å². The van der Waals surface area contributed by atoms with E-state index in [-0.39, 0.29) is 12.2 Å². The highest BCUT2D eigenvalue weighted by atomic mass is 16.7. The van der Waals surface area contributed by atoms with Crippen LogP contribution in [0.4, 0.5) is 0 Å². The average molecular weight is 329 g/mol. The Morgan fingerprint density at radius 2 is 1.52 bits per heavy atom. The van der Waals surface area contributed by atoms with Crippen molar-refractivity contribution in [3.8, 4) is 22.6 Å². The molecule has 2 heterocycles. The first-order valence-corrected chi connectivity index (χ1v) is 8.14. The summed E-state index contributed by atoms with van der Waals surface area (Å²) in [6.07, 6.45) is 0. The molecule has 4 nitrogen and oxygen atoms in total. The van der Waals surface area contributed by atoms with Crippen molar-refractivity contribution in [1.82, 2.24) is 4.57 Å². The van der Waals surface area contributed by atoms with Crippen molar-refractivity contribution >= 4 is 21.8 Å². The molecule has 5 rings (SSSR count). The molecule has 0 spiro atoms. The Labute approximate surface area is 143 Å². The molecule has 122 valence electrons. The number of pyridine rings is 1. The lowest BCUT2D eigenvalue weighted by Crippen LogP contribution is -2.09. The summed E-state index contributed by atoms with van der Waals surface area (Å²) in [6.45, 7) is 0.253. The lowest BCUT2D eigenvalue weighted by atomic mass is 10.0. The summed E-state index contributed by atoms with van der Waals surface area (Å²) in [5, 5.41) is 1.46. The highest BCUT2D eigenvalue weighted by molar-refractivity contribution is 5.95. The van der Waals surface area contributed by atoms with Crippen molar-refractivity contribution < 1.29 is 9.47 Å². The molecule has 0 atom stereocenters. The number of fused-ring (bicyclic) bond motifs is 3. The minimum absolute atomic E-state index is 0.0614. The van der Waals surface area contributed by atoms with Gasteiger partial charge in [-0.15, -0.1) is 0 Å². The second kappa shape index (κ2) is 5.11. The third-order valence-electron chi connectivity index (χ3n) is 4.82. The van der Waals surface area contributed by atoms with E-state index in [2.05, 4.69) is 4.57 Å². The molecule has 1 aromatic heterocycles. The van der Waals surface area contributed by atoms with Crippen LogP contribution in [0.3, 0.4) is 0 Å². The van der Waals surface area contributed by atoms with Gasteiger partial charge in [-0.2, -0.15) is 0 Å². The van der Waals surface area contributed by atoms with E-state index in [9.17, 15) is 4.79 Å². The van der Waals surface area contributed by atoms with Gasteiger partial charge in [-0.3, -0.25) is 4.79 Å². The highest BCUT2D eigenvalue weighted by Crippen LogP contribution is 2.36. The van der Waals surface area contributed by atoms with Gasteiger partial charge in [0.2, 0.25) is 6.79 Å². The van der Waals surface area contributed by atoms with Gasteiger partial charge in [0.05, 0.1) is 11.0 Å². The van der Waals surface area contributed by atoms with Gasteiger partial charge in [-0.1, -0.05) is 24.3 Å². The third kappa shape index (κ3) is 2.04. The molecular formula is C21H15NO3. The Hall–Kier alpha value is -3.27. The minimum Gasteiger partial charge on any atom is -0.454 e. The number of para-hydroxylation sites is 1. The van der Waals surface area contributed by atoms with Gasteiger partial charge in [0, 0.05) is 17.8 Å². The number of aromatic nitrogens is 1. The lowest BCUT2D eigenvalue weighted by molar-refractivity contribution is 0.174. The van der Waals surface area contributed by atoms with E-state index < -0.39 is 0 Å². The first-order valence-electron chi connectivity index (χ1n) is 8.14. The van der Waals surface area contributed by atoms with Gasteiger partial charge in [0.1, 0.15) is 0 Å². The fourth-order valence-electron chi connectivity index (χ4n) is 3.50. The van der Waals surface area contributed by atoms with Crippen LogP contribution in [0, 0.1) is 0 Å². The summed E-state index contributed by atoms with van der Waals surface area (Å²) in [5.41, 5.74) is 3.91. The average Bonchev–Trinajstić information content (AvgIpc) is 3.13. The zero-order valence-corrected chi connectivity index (χ0v) is 13.7. The molecule has 1 aliphatic rings. The van der Waals surface area contributed by atoms with Crippen LogP contribution in [0.1, 0.15) is 0 Å². The molecule has 0 fully saturated rings. The smallest absolute Gasteiger partial charge is 0.231 e. The molecule has 4 aromatic rings. The summed E-state index contributed by atoms with van der Waals surface area (Å²) in [4.78, 5) is 13.0. The second-order valence-corrected chi connectivity index (χ2v) is 6.21. The Morgan fingerprint density at radius 1 is 0.800 bits per heavy atom. The molecule has 0 radical (unpaired) electrons. The van der Waals surface area contributed by atoms with Gasteiger partial charge in [-0.05, 0) is 47.5 Å². The summed E-state index contributed by atoms with van der Waals surface area (Å²) in [5.74, 6) is 1.50. The van der Waals surface area contributed by atoms with Gasteiger partial charge >= 0.3 is 0 Å². The summed E-state index contributed by atoms with van der Waals surface area (Å²) < 4.78 is 12.9. The SMILES string of the molecule is Cn1c2ccccc2c(=O)c2cc(-c3ccc4c(c3)OCO4)ccc21. The largest absolute Gasteiger partial charge is 0.454 e. The quantitative estimate of drug-likeness (QED) is 0.494. The maximum atomic E-state index is 13.0. The summed E-state index contributed by atoms with van der Waals surface area (Å²) in [7, 11) is 1.99. The van der Waals surface area contributed by atoms with E-state index in [0.717, 1.165) is 44.4 Å². The Balaban J connectivity index is 1.78. The van der Waals surface area contributed by atoms with Crippen LogP contribution in [-0.2, 0) is 7.05 Å². The van der Waals surface area contributed by atoms with Gasteiger partial charge in [0.25, 0.3) is 0 Å². The fraction of sp³-hybridized carbons (Fsp3) is 0.0952. The van der Waals surface area contributed by atoms with Crippen molar-refractivity contribution in [2.75, 3.05) is 6.79 Å². The van der Waals surface area contributed by atoms with Crippen molar-refractivity contribution in [2.24, 2.45) is 7.05 Å². The maximum Gasteiger partial charge on any atom is 0.231 e. The predicted molar refractivity (Wildman–Crippen MR) is 98.3 cm³/mol. The fourth-order valence-corrected chi connectivity index (χ4v) is 3.50. The third-order valence-corrected chi connectivity index (χ3v) is 4.82. The molecule has 0 N–H and O–H groups in total. The van der Waals surface area contributed by atoms with E-state index in [0.29, 0.717) is 0 Å². The van der Waals surface area contributed by atoms with E-state index >= 15 is 0 Å². The van der Waals surface area contributed by atoms with Gasteiger partial charge in [0.15, 0.2) is 16.9 Å². The Bertz CT molecular complexity index is 1210. The maximum absolute atomic E-state index is 13.0. The number of rotatable bonds is 1. The standard InChI is InChI=1S/C21H15NO3/c1-22-17-5-3-2-4-15(17)21(23)16-10-13(6-8-18(16)22)14-7-9-19-20(11-14)25-12-24-19/h2-11H,12H2,1H3. The van der Waals surface area contributed by atoms with Crippen LogP contribution in [0.15, 0.2) is 65.5 Å². The molecular weight excluding hydrogens is 314 g/mol. The van der Waals surface area contributed by atoms with E-state index in [1.165, 1.54) is 0 Å². The summed E-state index contributed by atoms with van der Waals surface area (Å²) in [6, 6.07) is 19.5. The lowest BCUT2D eigenvalue weighted by Gasteiger charge is -2.11. The van der Waals surface area contributed by atoms with Gasteiger partial charge < -0.3 is 14.0 Å². The van der Waals surface area contributed by atoms with Crippen LogP contribution in [0.25, 0.3) is 32.9 Å². The van der Waals surface area contributed by atoms with Crippen LogP contribution in [0.5, 0.6) is 11.5 Å². The molecule has 0 saturated heterocycles. The van der Waals surface area contributed by atoms with Crippen molar-refractivity contribution in [2.45, 2.75) is 0 Å². The molecule has 25 heavy (non-hydrogen) atoms. The normalized spacial score (nSPS) is 12.8. The van der Waals surface area contributed by atoms with Crippen LogP contribution >= 0.6 is 0 Å². The van der Waals surface area contributed by atoms with Crippen LogP contribution in [0.2, 0.25) is 0 Å². The number of aryl methyl sites for hydroxylation is 1. The second-order valence-electron chi connectivity index (χ2n) is 6.21. The molecule has 0 amide bonds. The van der Waals surface area contributed by atoms with Crippen molar-refractivity contribution in [1.29, 1.82) is 0 Å². The number of ether oxygens (including phenoxy) is 2. The number of nitrogens with zero attached hydrogens (tertiary/aromatic N) is 1. The molecule has 1 aliphatic heterocycles. The monoisotopic (exact) mass is 329 g/mol. The Kier molecular flexibility index (Phi) is 2.88. The van der Waals surface area contributed by atoms with Crippen LogP contribution in [-0.4, -0.2) is 11.4 Å². The van der Waals surface area contributed by atoms with Crippen molar-refractivity contribution in [3.63, 3.8) is 0 Å².